The Morgan fingerprint density at radius 2 is 0.258 bits per heavy atom. The number of halogens is 12. The minimum Gasteiger partial charge on any atom is -0.539 e. The van der Waals surface area contributed by atoms with E-state index in [1.807, 2.05) is 27.7 Å². The predicted octanol–water partition coefficient (Wildman–Crippen LogP) is 9.20. The van der Waals surface area contributed by atoms with Gasteiger partial charge in [0, 0.05) is 87.0 Å². The zero-order valence-electron chi connectivity index (χ0n) is 73.1. The second-order valence-corrected chi connectivity index (χ2v) is 30.5. The number of rotatable bonds is 12. The first-order chi connectivity index (χ1) is 60.3. The normalized spacial score (nSPS) is 29.2. The molecule has 0 amide bonds. The van der Waals surface area contributed by atoms with E-state index in [1.54, 1.807) is 0 Å². The van der Waals surface area contributed by atoms with E-state index in [4.69, 9.17) is 272 Å². The Bertz CT molecular complexity index is 2470. The molecule has 6 fully saturated rings. The van der Waals surface area contributed by atoms with Crippen molar-refractivity contribution >= 4 is 228 Å². The van der Waals surface area contributed by atoms with Crippen LogP contribution in [0.5, 0.6) is 0 Å². The van der Waals surface area contributed by atoms with E-state index in [2.05, 4.69) is 61.9 Å². The Morgan fingerprint density at radius 1 is 0.172 bits per heavy atom. The Balaban J connectivity index is 0. The molecule has 0 aliphatic carbocycles. The Labute approximate surface area is 915 Å². The molecule has 6 saturated heterocycles. The summed E-state index contributed by atoms with van der Waals surface area (Å²) < 4.78 is 149. The molecule has 732 valence electrons. The van der Waals surface area contributed by atoms with Crippen LogP contribution in [-0.2, 0) is 167 Å². The van der Waals surface area contributed by atoms with Gasteiger partial charge in [-0.05, 0) is 51.4 Å². The van der Waals surface area contributed by atoms with Crippen molar-refractivity contribution in [3.8, 4) is 0 Å². The molecule has 128 heavy (non-hydrogen) atoms. The third kappa shape index (κ3) is 67.4. The van der Waals surface area contributed by atoms with Crippen molar-refractivity contribution in [1.29, 1.82) is 0 Å². The standard InChI is InChI=1S/2C14H18B2Cl6N6O6.2C12H24O6.4C4H8O.2Fe.2K/c2*1-3-5-7-15-29-23-9(17)12(20)26-32-16(8-6-4-2,33-27-13(21)10(18)24-30-15)34-28-14(22)11(19)25-31-15;2*1-2-14-5-6-16-9-10-18-12-11-17-8-7-15-4-3-13-1;4*1-2-4-5-3-1;;;;/h2*3-8H2,1-2H3;2*1-12H2;4*1-4H2;;;;/q2*-2;;;;;;;;;2*+1/b2*23-9-,24-10-,25-11-,26-12-,27-13-,28-14-;;;;;;;;;;. The molecular formula is C68H116B4Cl12Fe2K2N12O28-2. The zero-order chi connectivity index (χ0) is 90.0. The third-order valence-electron chi connectivity index (χ3n) is 16.0. The molecule has 0 radical (unpaired) electrons. The van der Waals surface area contributed by atoms with E-state index in [9.17, 15) is 0 Å². The molecule has 12 aliphatic rings. The van der Waals surface area contributed by atoms with Crippen molar-refractivity contribution in [1.82, 2.24) is 0 Å². The van der Waals surface area contributed by atoms with Crippen molar-refractivity contribution in [3.63, 3.8) is 0 Å². The monoisotopic (exact) mass is 2200 g/mol. The molecular weight excluding hydrogens is 2090 g/mol. The summed E-state index contributed by atoms with van der Waals surface area (Å²) >= 11 is 72.9. The summed E-state index contributed by atoms with van der Waals surface area (Å²) in [6, 6.07) is 0. The molecule has 0 aromatic rings. The SMILES string of the molecule is C1CCOC1.C1CCOC1.C1CCOC1.C1CCOC1.C1COCCOCCOCCOCCOCCO1.C1COCCOCCOCCOCCOCCO1.CCCC[B-]12O/N=C(Cl)/C(Cl)=N/O[B-](CCCC)(O/N=C(Cl)/C(Cl)=N/O1)O/N=C(Cl)/C(Cl)=N/O2.CCCC[B-]12O/N=C(Cl)/C(Cl)=N/O[B-](CCCC)(O/N=C(Cl)/C(Cl)=N/O1)O/N=C(Cl)/C(Cl)=N/O2.[Fe].[Fe].[K+].[K+]. The van der Waals surface area contributed by atoms with Crippen molar-refractivity contribution in [2.45, 2.75) is 156 Å². The first-order valence-corrected chi connectivity index (χ1v) is 45.7. The van der Waals surface area contributed by atoms with E-state index in [0.717, 1.165) is 52.9 Å². The van der Waals surface area contributed by atoms with E-state index in [-0.39, 0.29) is 162 Å². The van der Waals surface area contributed by atoms with Crippen LogP contribution >= 0.6 is 139 Å². The second kappa shape index (κ2) is 88.2. The topological polar surface area (TPSA) is 407 Å². The van der Waals surface area contributed by atoms with Gasteiger partial charge >= 0.3 is 130 Å². The summed E-state index contributed by atoms with van der Waals surface area (Å²) in [5, 5.41) is 38.9. The molecule has 4 bridgehead atoms. The van der Waals surface area contributed by atoms with Crippen LogP contribution in [0.2, 0.25) is 25.3 Å². The number of oxime groups is 12. The molecule has 0 atom stereocenters. The first-order valence-electron chi connectivity index (χ1n) is 41.2. The van der Waals surface area contributed by atoms with Gasteiger partial charge in [0.15, 0.2) is 0 Å². The van der Waals surface area contributed by atoms with Gasteiger partial charge in [-0.1, -0.05) is 244 Å². The van der Waals surface area contributed by atoms with Gasteiger partial charge in [0.05, 0.1) is 159 Å². The Morgan fingerprint density at radius 3 is 0.328 bits per heavy atom. The number of unbranched alkanes of at least 4 members (excludes halogenated alkanes) is 4. The minimum absolute atomic E-state index is 0. The van der Waals surface area contributed by atoms with Crippen LogP contribution in [0.15, 0.2) is 61.9 Å². The molecule has 0 aromatic carbocycles. The summed E-state index contributed by atoms with van der Waals surface area (Å²) in [4.78, 5) is 0. The van der Waals surface area contributed by atoms with Crippen molar-refractivity contribution in [3.05, 3.63) is 0 Å². The molecule has 0 spiro atoms. The molecule has 40 nitrogen and oxygen atoms in total. The van der Waals surface area contributed by atoms with Crippen molar-refractivity contribution < 1.29 is 270 Å². The van der Waals surface area contributed by atoms with Gasteiger partial charge < -0.3 is 133 Å². The van der Waals surface area contributed by atoms with Gasteiger partial charge in [0.2, 0.25) is 62.1 Å². The third-order valence-corrected chi connectivity index (χ3v) is 19.5. The van der Waals surface area contributed by atoms with Crippen molar-refractivity contribution in [2.24, 2.45) is 61.9 Å². The largest absolute Gasteiger partial charge is 1.00 e. The molecule has 0 aromatic heterocycles. The number of fused-ring (bicyclic) bond motifs is 18. The van der Waals surface area contributed by atoms with Crippen LogP contribution in [0.25, 0.3) is 0 Å². The fourth-order valence-electron chi connectivity index (χ4n) is 9.33. The van der Waals surface area contributed by atoms with Crippen LogP contribution in [0.3, 0.4) is 0 Å². The maximum atomic E-state index is 6.08. The number of hydrogen-bond acceptors (Lipinski definition) is 40. The quantitative estimate of drug-likeness (QED) is 0.164. The average Bonchev–Trinajstić information content (AvgIpc) is 0.842. The summed E-state index contributed by atoms with van der Waals surface area (Å²) in [6.07, 6.45) is 15.2. The molecule has 12 heterocycles. The summed E-state index contributed by atoms with van der Waals surface area (Å²) in [5.41, 5.74) is 0. The van der Waals surface area contributed by atoms with Gasteiger partial charge in [0.25, 0.3) is 0 Å². The van der Waals surface area contributed by atoms with E-state index >= 15 is 0 Å². The Hall–Kier alpha value is 1.05. The van der Waals surface area contributed by atoms with Crippen LogP contribution in [0.4, 0.5) is 0 Å². The molecule has 60 heteroatoms. The fraction of sp³-hybridized carbons (Fsp3) is 0.824. The van der Waals surface area contributed by atoms with E-state index in [1.165, 1.54) is 51.4 Å². The summed E-state index contributed by atoms with van der Waals surface area (Å²) in [7, 11) is 0. The van der Waals surface area contributed by atoms with E-state index in [0.29, 0.717) is 210 Å². The molecule has 0 N–H and O–H groups in total. The van der Waals surface area contributed by atoms with Crippen LogP contribution in [-0.4, -0.2) is 300 Å². The number of ether oxygens (including phenoxy) is 16. The zero-order valence-corrected chi connectivity index (χ0v) is 90.6. The molecule has 0 saturated carbocycles. The van der Waals surface area contributed by atoms with Gasteiger partial charge in [-0.25, -0.2) is 0 Å². The van der Waals surface area contributed by atoms with Crippen LogP contribution < -0.4 is 103 Å². The average molecular weight is 2210 g/mol. The van der Waals surface area contributed by atoms with Crippen LogP contribution in [0, 0.1) is 0 Å². The maximum absolute atomic E-state index is 6.08. The molecule has 12 aliphatic heterocycles. The Kier molecular flexibility index (Phi) is 90.4. The van der Waals surface area contributed by atoms with E-state index < -0.39 is 89.1 Å². The fourth-order valence-corrected chi connectivity index (χ4v) is 10.2. The summed E-state index contributed by atoms with van der Waals surface area (Å²) in [6.45, 7) is 17.8. The smallest absolute Gasteiger partial charge is 0.539 e. The minimum atomic E-state index is -2.97. The number of hydrogen-bond donors (Lipinski definition) is 0. The number of nitrogens with zero attached hydrogens (tertiary/aromatic N) is 12. The van der Waals surface area contributed by atoms with Gasteiger partial charge in [-0.15, -0.1) is 61.9 Å². The predicted molar refractivity (Wildman–Crippen MR) is 484 cm³/mol. The van der Waals surface area contributed by atoms with Gasteiger partial charge in [-0.3, -0.25) is 0 Å². The maximum Gasteiger partial charge on any atom is 1.00 e. The second-order valence-electron chi connectivity index (χ2n) is 26.2. The first kappa shape index (κ1) is 131. The van der Waals surface area contributed by atoms with Crippen LogP contribution in [0.1, 0.15) is 130 Å². The summed E-state index contributed by atoms with van der Waals surface area (Å²) in [5.74, 6) is 0. The van der Waals surface area contributed by atoms with Gasteiger partial charge in [-0.2, -0.15) is 0 Å². The van der Waals surface area contributed by atoms with Gasteiger partial charge in [0.1, 0.15) is 0 Å². The molecule has 0 unspecified atom stereocenters. The molecule has 12 rings (SSSR count). The van der Waals surface area contributed by atoms with Crippen molar-refractivity contribution in [2.75, 3.05) is 211 Å².